The van der Waals surface area contributed by atoms with Gasteiger partial charge in [-0.25, -0.2) is 4.79 Å². The minimum absolute atomic E-state index is 0.0498. The standard InChI is InChI=1S/C17H23F3N2O3/c1-11(21-16(24)22-13-4-6-14(23)7-5-13)12-2-8-15(9-3-12)25-10-17(18,19)20/h2-3,8-9,11,13-14,23H,4-7,10H2,1H3,(H2,21,22,24). The number of hydrogen-bond acceptors (Lipinski definition) is 3. The molecule has 1 aliphatic carbocycles. The lowest BCUT2D eigenvalue weighted by Gasteiger charge is -2.27. The third-order valence-electron chi connectivity index (χ3n) is 4.16. The minimum atomic E-state index is -4.37. The zero-order chi connectivity index (χ0) is 18.4. The normalized spacial score (nSPS) is 22.1. The monoisotopic (exact) mass is 360 g/mol. The van der Waals surface area contributed by atoms with Crippen LogP contribution in [0.4, 0.5) is 18.0 Å². The number of nitrogens with one attached hydrogen (secondary N) is 2. The fraction of sp³-hybridized carbons (Fsp3) is 0.588. The summed E-state index contributed by atoms with van der Waals surface area (Å²) in [5.74, 6) is 0.124. The Morgan fingerprint density at radius 3 is 2.40 bits per heavy atom. The number of aliphatic hydroxyl groups excluding tert-OH is 1. The van der Waals surface area contributed by atoms with Gasteiger partial charge in [-0.3, -0.25) is 0 Å². The van der Waals surface area contributed by atoms with E-state index in [1.165, 1.54) is 12.1 Å². The number of carbonyl (C=O) groups is 1. The number of amides is 2. The van der Waals surface area contributed by atoms with Crippen molar-refractivity contribution < 1.29 is 27.8 Å². The summed E-state index contributed by atoms with van der Waals surface area (Å²) < 4.78 is 41.0. The Kier molecular flexibility index (Phi) is 6.52. The van der Waals surface area contributed by atoms with E-state index in [1.807, 2.05) is 0 Å². The minimum Gasteiger partial charge on any atom is -0.484 e. The quantitative estimate of drug-likeness (QED) is 0.755. The van der Waals surface area contributed by atoms with E-state index < -0.39 is 12.8 Å². The Balaban J connectivity index is 1.79. The molecule has 0 aliphatic heterocycles. The van der Waals surface area contributed by atoms with Gasteiger partial charge in [0, 0.05) is 6.04 Å². The Morgan fingerprint density at radius 2 is 1.84 bits per heavy atom. The molecule has 1 fully saturated rings. The smallest absolute Gasteiger partial charge is 0.422 e. The topological polar surface area (TPSA) is 70.6 Å². The summed E-state index contributed by atoms with van der Waals surface area (Å²) in [4.78, 5) is 12.0. The third-order valence-corrected chi connectivity index (χ3v) is 4.16. The van der Waals surface area contributed by atoms with Gasteiger partial charge >= 0.3 is 12.2 Å². The molecule has 1 unspecified atom stereocenters. The predicted molar refractivity (Wildman–Crippen MR) is 86.3 cm³/mol. The molecule has 0 radical (unpaired) electrons. The van der Waals surface area contributed by atoms with E-state index >= 15 is 0 Å². The first kappa shape index (κ1) is 19.4. The second kappa shape index (κ2) is 8.42. The molecule has 0 saturated heterocycles. The predicted octanol–water partition coefficient (Wildman–Crippen LogP) is 3.29. The highest BCUT2D eigenvalue weighted by Gasteiger charge is 2.28. The maximum atomic E-state index is 12.1. The van der Waals surface area contributed by atoms with Crippen molar-refractivity contribution in [3.8, 4) is 5.75 Å². The molecule has 5 nitrogen and oxygen atoms in total. The van der Waals surface area contributed by atoms with Crippen LogP contribution in [0.1, 0.15) is 44.2 Å². The van der Waals surface area contributed by atoms with Crippen molar-refractivity contribution in [2.75, 3.05) is 6.61 Å². The van der Waals surface area contributed by atoms with E-state index in [2.05, 4.69) is 15.4 Å². The highest BCUT2D eigenvalue weighted by atomic mass is 19.4. The second-order valence-electron chi connectivity index (χ2n) is 6.32. The second-order valence-corrected chi connectivity index (χ2v) is 6.32. The number of rotatable bonds is 5. The van der Waals surface area contributed by atoms with Crippen molar-refractivity contribution >= 4 is 6.03 Å². The van der Waals surface area contributed by atoms with E-state index in [1.54, 1.807) is 19.1 Å². The number of alkyl halides is 3. The van der Waals surface area contributed by atoms with Crippen molar-refractivity contribution in [1.29, 1.82) is 0 Å². The highest BCUT2D eigenvalue weighted by molar-refractivity contribution is 5.74. The van der Waals surface area contributed by atoms with Crippen LogP contribution in [0.2, 0.25) is 0 Å². The molecule has 2 rings (SSSR count). The summed E-state index contributed by atoms with van der Waals surface area (Å²) in [5.41, 5.74) is 0.758. The van der Waals surface area contributed by atoms with Crippen molar-refractivity contribution in [3.63, 3.8) is 0 Å². The molecule has 0 aromatic heterocycles. The number of benzene rings is 1. The number of carbonyl (C=O) groups excluding carboxylic acids is 1. The molecule has 25 heavy (non-hydrogen) atoms. The van der Waals surface area contributed by atoms with Gasteiger partial charge in [-0.2, -0.15) is 13.2 Å². The molecule has 0 heterocycles. The van der Waals surface area contributed by atoms with Crippen LogP contribution in [0.25, 0.3) is 0 Å². The lowest BCUT2D eigenvalue weighted by Crippen LogP contribution is -2.44. The molecule has 0 bridgehead atoms. The molecule has 0 spiro atoms. The summed E-state index contributed by atoms with van der Waals surface area (Å²) in [6, 6.07) is 5.58. The van der Waals surface area contributed by atoms with Crippen LogP contribution in [0.5, 0.6) is 5.75 Å². The van der Waals surface area contributed by atoms with Crippen LogP contribution in [0.3, 0.4) is 0 Å². The van der Waals surface area contributed by atoms with Gasteiger partial charge in [0.05, 0.1) is 12.1 Å². The van der Waals surface area contributed by atoms with Crippen molar-refractivity contribution in [2.45, 2.75) is 57.0 Å². The van der Waals surface area contributed by atoms with Crippen molar-refractivity contribution in [1.82, 2.24) is 10.6 Å². The van der Waals surface area contributed by atoms with Crippen LogP contribution in [0, 0.1) is 0 Å². The number of ether oxygens (including phenoxy) is 1. The maximum absolute atomic E-state index is 12.1. The summed E-state index contributed by atoms with van der Waals surface area (Å²) >= 11 is 0. The molecule has 1 aromatic rings. The molecular weight excluding hydrogens is 337 g/mol. The van der Waals surface area contributed by atoms with Crippen molar-refractivity contribution in [2.24, 2.45) is 0 Å². The van der Waals surface area contributed by atoms with Crippen LogP contribution >= 0.6 is 0 Å². The largest absolute Gasteiger partial charge is 0.484 e. The maximum Gasteiger partial charge on any atom is 0.422 e. The fourth-order valence-electron chi connectivity index (χ4n) is 2.75. The van der Waals surface area contributed by atoms with Gasteiger partial charge in [-0.15, -0.1) is 0 Å². The number of halogens is 3. The SMILES string of the molecule is CC(NC(=O)NC1CCC(O)CC1)c1ccc(OCC(F)(F)F)cc1. The van der Waals surface area contributed by atoms with Crippen LogP contribution < -0.4 is 15.4 Å². The third kappa shape index (κ3) is 6.81. The number of hydrogen-bond donors (Lipinski definition) is 3. The van der Waals surface area contributed by atoms with Crippen LogP contribution in [-0.2, 0) is 0 Å². The summed E-state index contributed by atoms with van der Waals surface area (Å²) in [6.45, 7) is 0.453. The first-order valence-corrected chi connectivity index (χ1v) is 8.27. The van der Waals surface area contributed by atoms with E-state index in [4.69, 9.17) is 0 Å². The number of urea groups is 1. The molecule has 2 amide bonds. The molecule has 8 heteroatoms. The van der Waals surface area contributed by atoms with E-state index in [0.717, 1.165) is 18.4 Å². The molecular formula is C17H23F3N2O3. The average Bonchev–Trinajstić information content (AvgIpc) is 2.55. The first-order chi connectivity index (χ1) is 11.7. The Labute approximate surface area is 144 Å². The van der Waals surface area contributed by atoms with Crippen molar-refractivity contribution in [3.05, 3.63) is 29.8 Å². The first-order valence-electron chi connectivity index (χ1n) is 8.27. The molecule has 1 aromatic carbocycles. The lowest BCUT2D eigenvalue weighted by molar-refractivity contribution is -0.153. The van der Waals surface area contributed by atoms with Gasteiger partial charge in [0.2, 0.25) is 0 Å². The zero-order valence-electron chi connectivity index (χ0n) is 14.0. The molecule has 1 saturated carbocycles. The van der Waals surface area contributed by atoms with Crippen LogP contribution in [0.15, 0.2) is 24.3 Å². The van der Waals surface area contributed by atoms with E-state index in [9.17, 15) is 23.1 Å². The Hall–Kier alpha value is -1.96. The van der Waals surface area contributed by atoms with Gasteiger partial charge in [0.15, 0.2) is 6.61 Å². The molecule has 1 aliphatic rings. The highest BCUT2D eigenvalue weighted by Crippen LogP contribution is 2.21. The fourth-order valence-corrected chi connectivity index (χ4v) is 2.75. The van der Waals surface area contributed by atoms with E-state index in [0.29, 0.717) is 12.8 Å². The van der Waals surface area contributed by atoms with Crippen LogP contribution in [-0.4, -0.2) is 36.1 Å². The zero-order valence-corrected chi connectivity index (χ0v) is 14.0. The van der Waals surface area contributed by atoms with Gasteiger partial charge in [0.1, 0.15) is 5.75 Å². The summed E-state index contributed by atoms with van der Waals surface area (Å²) in [7, 11) is 0. The van der Waals surface area contributed by atoms with E-state index in [-0.39, 0.29) is 30.0 Å². The molecule has 3 N–H and O–H groups in total. The van der Waals surface area contributed by atoms with Gasteiger partial charge in [-0.05, 0) is 50.3 Å². The lowest BCUT2D eigenvalue weighted by atomic mass is 9.93. The number of aliphatic hydroxyl groups is 1. The van der Waals surface area contributed by atoms with Gasteiger partial charge in [-0.1, -0.05) is 12.1 Å². The summed E-state index contributed by atoms with van der Waals surface area (Å²) in [5, 5.41) is 15.1. The molecule has 140 valence electrons. The van der Waals surface area contributed by atoms with Gasteiger partial charge in [0.25, 0.3) is 0 Å². The van der Waals surface area contributed by atoms with Gasteiger partial charge < -0.3 is 20.5 Å². The average molecular weight is 360 g/mol. The molecule has 1 atom stereocenters. The Morgan fingerprint density at radius 1 is 1.24 bits per heavy atom. The Bertz CT molecular complexity index is 555. The summed E-state index contributed by atoms with van der Waals surface area (Å²) in [6.07, 6.45) is -1.80.